The van der Waals surface area contributed by atoms with Gasteiger partial charge in [0, 0.05) is 19.2 Å². The molecule has 0 saturated carbocycles. The van der Waals surface area contributed by atoms with Crippen molar-refractivity contribution in [3.8, 4) is 11.5 Å². The van der Waals surface area contributed by atoms with Gasteiger partial charge in [0.05, 0.1) is 19.2 Å². The van der Waals surface area contributed by atoms with Gasteiger partial charge in [-0.3, -0.25) is 4.79 Å². The van der Waals surface area contributed by atoms with Gasteiger partial charge in [-0.25, -0.2) is 0 Å². The van der Waals surface area contributed by atoms with E-state index in [1.165, 1.54) is 14.2 Å². The van der Waals surface area contributed by atoms with Crippen LogP contribution in [-0.4, -0.2) is 32.1 Å². The molecule has 0 aliphatic rings. The number of nitrogens with zero attached hydrogens (tertiary/aromatic N) is 1. The minimum Gasteiger partial charge on any atom is -0.493 e. The van der Waals surface area contributed by atoms with E-state index in [1.54, 1.807) is 24.1 Å². The SMILES string of the molecule is COc1cc(C(=O)N(C)Cc2ccccc2C)cc(Cl)c1OC. The topological polar surface area (TPSA) is 38.8 Å². The van der Waals surface area contributed by atoms with Crippen LogP contribution >= 0.6 is 11.6 Å². The van der Waals surface area contributed by atoms with Crippen LogP contribution in [0.3, 0.4) is 0 Å². The average molecular weight is 334 g/mol. The van der Waals surface area contributed by atoms with Crippen molar-refractivity contribution in [1.29, 1.82) is 0 Å². The van der Waals surface area contributed by atoms with Crippen LogP contribution in [-0.2, 0) is 6.54 Å². The van der Waals surface area contributed by atoms with Crippen LogP contribution in [0.1, 0.15) is 21.5 Å². The van der Waals surface area contributed by atoms with Gasteiger partial charge < -0.3 is 14.4 Å². The number of aryl methyl sites for hydroxylation is 1. The van der Waals surface area contributed by atoms with E-state index in [0.717, 1.165) is 11.1 Å². The molecule has 0 bridgehead atoms. The predicted octanol–water partition coefficient (Wildman–Crippen LogP) is 3.94. The molecule has 0 radical (unpaired) electrons. The summed E-state index contributed by atoms with van der Waals surface area (Å²) in [5, 5.41) is 0.347. The molecule has 0 saturated heterocycles. The molecule has 0 aliphatic carbocycles. The molecule has 0 aromatic heterocycles. The van der Waals surface area contributed by atoms with Crippen LogP contribution in [0.15, 0.2) is 36.4 Å². The first-order valence-corrected chi connectivity index (χ1v) is 7.57. The Morgan fingerprint density at radius 3 is 2.48 bits per heavy atom. The van der Waals surface area contributed by atoms with Crippen molar-refractivity contribution in [2.45, 2.75) is 13.5 Å². The van der Waals surface area contributed by atoms with E-state index < -0.39 is 0 Å². The van der Waals surface area contributed by atoms with Crippen molar-refractivity contribution in [3.63, 3.8) is 0 Å². The number of hydrogen-bond donors (Lipinski definition) is 0. The average Bonchev–Trinajstić information content (AvgIpc) is 2.55. The van der Waals surface area contributed by atoms with Crippen molar-refractivity contribution >= 4 is 17.5 Å². The summed E-state index contributed by atoms with van der Waals surface area (Å²) < 4.78 is 10.4. The standard InChI is InChI=1S/C18H20ClNO3/c1-12-7-5-6-8-13(12)11-20(2)18(21)14-9-15(19)17(23-4)16(10-14)22-3/h5-10H,11H2,1-4H3. The van der Waals surface area contributed by atoms with Gasteiger partial charge in [0.15, 0.2) is 11.5 Å². The minimum atomic E-state index is -0.129. The molecule has 4 nitrogen and oxygen atoms in total. The van der Waals surface area contributed by atoms with Gasteiger partial charge in [-0.2, -0.15) is 0 Å². The summed E-state index contributed by atoms with van der Waals surface area (Å²) in [5.41, 5.74) is 2.72. The fourth-order valence-corrected chi connectivity index (χ4v) is 2.66. The number of ether oxygens (including phenoxy) is 2. The maximum Gasteiger partial charge on any atom is 0.254 e. The lowest BCUT2D eigenvalue weighted by atomic mass is 10.1. The van der Waals surface area contributed by atoms with Crippen molar-refractivity contribution in [2.24, 2.45) is 0 Å². The zero-order valence-electron chi connectivity index (χ0n) is 13.7. The van der Waals surface area contributed by atoms with Gasteiger partial charge >= 0.3 is 0 Å². The molecule has 122 valence electrons. The molecule has 2 aromatic rings. The van der Waals surface area contributed by atoms with Crippen molar-refractivity contribution in [1.82, 2.24) is 4.90 Å². The van der Waals surface area contributed by atoms with E-state index >= 15 is 0 Å². The van der Waals surface area contributed by atoms with E-state index in [1.807, 2.05) is 31.2 Å². The fraction of sp³-hybridized carbons (Fsp3) is 0.278. The van der Waals surface area contributed by atoms with Gasteiger partial charge in [0.25, 0.3) is 5.91 Å². The van der Waals surface area contributed by atoms with Crippen molar-refractivity contribution in [2.75, 3.05) is 21.3 Å². The number of hydrogen-bond acceptors (Lipinski definition) is 3. The molecular weight excluding hydrogens is 314 g/mol. The van der Waals surface area contributed by atoms with Gasteiger partial charge in [0.1, 0.15) is 0 Å². The Hall–Kier alpha value is -2.20. The summed E-state index contributed by atoms with van der Waals surface area (Å²) in [6.45, 7) is 2.55. The summed E-state index contributed by atoms with van der Waals surface area (Å²) >= 11 is 6.17. The van der Waals surface area contributed by atoms with Crippen molar-refractivity contribution < 1.29 is 14.3 Å². The summed E-state index contributed by atoms with van der Waals surface area (Å²) in [5.74, 6) is 0.732. The third kappa shape index (κ3) is 3.77. The van der Waals surface area contributed by atoms with Crippen LogP contribution < -0.4 is 9.47 Å². The second-order valence-corrected chi connectivity index (χ2v) is 5.69. The smallest absolute Gasteiger partial charge is 0.254 e. The normalized spacial score (nSPS) is 10.3. The Kier molecular flexibility index (Phi) is 5.50. The van der Waals surface area contributed by atoms with Crippen LogP contribution in [0.2, 0.25) is 5.02 Å². The molecule has 0 aliphatic heterocycles. The molecule has 0 N–H and O–H groups in total. The molecule has 5 heteroatoms. The Morgan fingerprint density at radius 2 is 1.87 bits per heavy atom. The van der Waals surface area contributed by atoms with E-state index in [0.29, 0.717) is 28.6 Å². The number of amides is 1. The van der Waals surface area contributed by atoms with Crippen LogP contribution in [0, 0.1) is 6.92 Å². The van der Waals surface area contributed by atoms with Crippen LogP contribution in [0.25, 0.3) is 0 Å². The molecule has 0 heterocycles. The summed E-state index contributed by atoms with van der Waals surface area (Å²) in [6.07, 6.45) is 0. The maximum absolute atomic E-state index is 12.7. The van der Waals surface area contributed by atoms with E-state index in [2.05, 4.69) is 0 Å². The highest BCUT2D eigenvalue weighted by Crippen LogP contribution is 2.36. The number of benzene rings is 2. The second-order valence-electron chi connectivity index (χ2n) is 5.28. The largest absolute Gasteiger partial charge is 0.493 e. The number of carbonyl (C=O) groups is 1. The van der Waals surface area contributed by atoms with Crippen molar-refractivity contribution in [3.05, 3.63) is 58.1 Å². The van der Waals surface area contributed by atoms with Crippen LogP contribution in [0.4, 0.5) is 0 Å². The highest BCUT2D eigenvalue weighted by Gasteiger charge is 2.18. The third-order valence-electron chi connectivity index (χ3n) is 3.70. The summed E-state index contributed by atoms with van der Waals surface area (Å²) in [7, 11) is 4.79. The van der Waals surface area contributed by atoms with Crippen LogP contribution in [0.5, 0.6) is 11.5 Å². The van der Waals surface area contributed by atoms with Gasteiger partial charge in [0.2, 0.25) is 0 Å². The first kappa shape index (κ1) is 17.2. The fourth-order valence-electron chi connectivity index (χ4n) is 2.38. The van der Waals surface area contributed by atoms with Gasteiger partial charge in [-0.05, 0) is 30.2 Å². The number of halogens is 1. The Bertz CT molecular complexity index is 715. The molecular formula is C18H20ClNO3. The zero-order chi connectivity index (χ0) is 17.0. The first-order chi connectivity index (χ1) is 11.0. The van der Waals surface area contributed by atoms with E-state index in [-0.39, 0.29) is 5.91 Å². The monoisotopic (exact) mass is 333 g/mol. The number of carbonyl (C=O) groups excluding carboxylic acids is 1. The minimum absolute atomic E-state index is 0.129. The Labute approximate surface area is 141 Å². The van der Waals surface area contributed by atoms with Gasteiger partial charge in [-0.1, -0.05) is 35.9 Å². The molecule has 0 spiro atoms. The lowest BCUT2D eigenvalue weighted by Gasteiger charge is -2.19. The molecule has 0 unspecified atom stereocenters. The van der Waals surface area contributed by atoms with Gasteiger partial charge in [-0.15, -0.1) is 0 Å². The Morgan fingerprint density at radius 1 is 1.17 bits per heavy atom. The van der Waals surface area contributed by atoms with E-state index in [9.17, 15) is 4.79 Å². The quantitative estimate of drug-likeness (QED) is 0.832. The van der Waals surface area contributed by atoms with E-state index in [4.69, 9.17) is 21.1 Å². The highest BCUT2D eigenvalue weighted by molar-refractivity contribution is 6.32. The molecule has 2 rings (SSSR count). The first-order valence-electron chi connectivity index (χ1n) is 7.19. The summed E-state index contributed by atoms with van der Waals surface area (Å²) in [4.78, 5) is 14.3. The molecule has 1 amide bonds. The lowest BCUT2D eigenvalue weighted by Crippen LogP contribution is -2.26. The number of methoxy groups -OCH3 is 2. The Balaban J connectivity index is 2.26. The lowest BCUT2D eigenvalue weighted by molar-refractivity contribution is 0.0784. The summed E-state index contributed by atoms with van der Waals surface area (Å²) in [6, 6.07) is 11.2. The maximum atomic E-state index is 12.7. The molecule has 23 heavy (non-hydrogen) atoms. The number of rotatable bonds is 5. The highest BCUT2D eigenvalue weighted by atomic mass is 35.5. The molecule has 0 fully saturated rings. The second kappa shape index (κ2) is 7.38. The zero-order valence-corrected chi connectivity index (χ0v) is 14.5. The molecule has 2 aromatic carbocycles. The predicted molar refractivity (Wildman–Crippen MR) is 91.5 cm³/mol. The third-order valence-corrected chi connectivity index (χ3v) is 3.98. The molecule has 0 atom stereocenters.